The second-order valence-electron chi connectivity index (χ2n) is 6.04. The van der Waals surface area contributed by atoms with Crippen molar-refractivity contribution in [1.29, 1.82) is 0 Å². The van der Waals surface area contributed by atoms with E-state index in [1.165, 1.54) is 25.7 Å². The maximum Gasteiger partial charge on any atom is 0.184 e. The molecule has 5 nitrogen and oxygen atoms in total. The molecule has 0 amide bonds. The average Bonchev–Trinajstić information content (AvgIpc) is 2.92. The molecule has 2 N–H and O–H groups in total. The van der Waals surface area contributed by atoms with Gasteiger partial charge in [0.15, 0.2) is 5.82 Å². The van der Waals surface area contributed by atoms with Crippen molar-refractivity contribution < 1.29 is 0 Å². The molecule has 1 aliphatic rings. The number of hydrogen-bond acceptors (Lipinski definition) is 4. The standard InChI is InChI=1S/C15H20ClN5/c1-10-2-4-11(5-3-10)9-21-15(18-19-20-21)13-8-12(16)6-7-14(13)17/h6-8,10-11H,2-5,9,17H2,1H3. The molecule has 0 spiro atoms. The number of anilines is 1. The summed E-state index contributed by atoms with van der Waals surface area (Å²) >= 11 is 6.06. The Morgan fingerprint density at radius 3 is 2.81 bits per heavy atom. The van der Waals surface area contributed by atoms with Crippen LogP contribution in [0.15, 0.2) is 18.2 Å². The van der Waals surface area contributed by atoms with Crippen LogP contribution in [0.2, 0.25) is 5.02 Å². The summed E-state index contributed by atoms with van der Waals surface area (Å²) in [5, 5.41) is 12.7. The summed E-state index contributed by atoms with van der Waals surface area (Å²) in [6.07, 6.45) is 5.07. The molecule has 1 aliphatic carbocycles. The zero-order chi connectivity index (χ0) is 14.8. The monoisotopic (exact) mass is 305 g/mol. The third-order valence-electron chi connectivity index (χ3n) is 4.35. The van der Waals surface area contributed by atoms with Gasteiger partial charge in [-0.2, -0.15) is 0 Å². The number of nitrogens with zero attached hydrogens (tertiary/aromatic N) is 4. The Kier molecular flexibility index (Phi) is 4.10. The maximum absolute atomic E-state index is 6.06. The molecule has 1 aromatic heterocycles. The first-order valence-corrected chi connectivity index (χ1v) is 7.83. The fraction of sp³-hybridized carbons (Fsp3) is 0.533. The van der Waals surface area contributed by atoms with Gasteiger partial charge in [-0.25, -0.2) is 4.68 Å². The molecule has 1 aromatic carbocycles. The fourth-order valence-corrected chi connectivity index (χ4v) is 3.17. The molecule has 1 fully saturated rings. The highest BCUT2D eigenvalue weighted by atomic mass is 35.5. The fourth-order valence-electron chi connectivity index (χ4n) is 3.00. The van der Waals surface area contributed by atoms with Crippen LogP contribution < -0.4 is 5.73 Å². The zero-order valence-corrected chi connectivity index (χ0v) is 12.9. The Morgan fingerprint density at radius 2 is 2.05 bits per heavy atom. The first-order chi connectivity index (χ1) is 10.1. The predicted molar refractivity (Wildman–Crippen MR) is 83.8 cm³/mol. The molecule has 6 heteroatoms. The number of tetrazole rings is 1. The second-order valence-corrected chi connectivity index (χ2v) is 6.48. The number of halogens is 1. The van der Waals surface area contributed by atoms with Crippen LogP contribution in [-0.2, 0) is 6.54 Å². The molecule has 3 rings (SSSR count). The molecule has 21 heavy (non-hydrogen) atoms. The summed E-state index contributed by atoms with van der Waals surface area (Å²) in [7, 11) is 0. The molecule has 0 unspecified atom stereocenters. The van der Waals surface area contributed by atoms with Crippen LogP contribution in [0, 0.1) is 11.8 Å². The summed E-state index contributed by atoms with van der Waals surface area (Å²) < 4.78 is 1.86. The summed E-state index contributed by atoms with van der Waals surface area (Å²) in [5.41, 5.74) is 7.48. The number of nitrogen functional groups attached to an aromatic ring is 1. The number of rotatable bonds is 3. The number of aromatic nitrogens is 4. The first kappa shape index (κ1) is 14.3. The van der Waals surface area contributed by atoms with E-state index in [1.807, 2.05) is 10.7 Å². The molecule has 0 saturated heterocycles. The van der Waals surface area contributed by atoms with E-state index in [4.69, 9.17) is 17.3 Å². The van der Waals surface area contributed by atoms with Gasteiger partial charge >= 0.3 is 0 Å². The molecule has 1 saturated carbocycles. The van der Waals surface area contributed by atoms with E-state index in [1.54, 1.807) is 12.1 Å². The molecule has 0 aliphatic heterocycles. The van der Waals surface area contributed by atoms with Gasteiger partial charge in [0.2, 0.25) is 0 Å². The van der Waals surface area contributed by atoms with Gasteiger partial charge in [-0.15, -0.1) is 5.10 Å². The Balaban J connectivity index is 1.82. The Labute approximate surface area is 129 Å². The van der Waals surface area contributed by atoms with Gasteiger partial charge in [0, 0.05) is 22.8 Å². The summed E-state index contributed by atoms with van der Waals surface area (Å²) in [6.45, 7) is 3.17. The molecular formula is C15H20ClN5. The van der Waals surface area contributed by atoms with Crippen LogP contribution in [0.3, 0.4) is 0 Å². The highest BCUT2D eigenvalue weighted by Gasteiger charge is 2.21. The van der Waals surface area contributed by atoms with Crippen molar-refractivity contribution in [3.63, 3.8) is 0 Å². The summed E-state index contributed by atoms with van der Waals surface area (Å²) in [5.74, 6) is 2.19. The van der Waals surface area contributed by atoms with E-state index in [-0.39, 0.29) is 0 Å². The van der Waals surface area contributed by atoms with E-state index in [0.29, 0.717) is 22.5 Å². The Bertz CT molecular complexity index is 616. The smallest absolute Gasteiger partial charge is 0.184 e. The van der Waals surface area contributed by atoms with Gasteiger partial charge in [-0.1, -0.05) is 31.4 Å². The lowest BCUT2D eigenvalue weighted by atomic mass is 9.83. The van der Waals surface area contributed by atoms with Crippen molar-refractivity contribution in [2.75, 3.05) is 5.73 Å². The van der Waals surface area contributed by atoms with Crippen molar-refractivity contribution in [3.8, 4) is 11.4 Å². The second kappa shape index (κ2) is 6.02. The van der Waals surface area contributed by atoms with Gasteiger partial charge in [-0.3, -0.25) is 0 Å². The Hall–Kier alpha value is -1.62. The highest BCUT2D eigenvalue weighted by molar-refractivity contribution is 6.31. The van der Waals surface area contributed by atoms with Crippen LogP contribution in [0.25, 0.3) is 11.4 Å². The van der Waals surface area contributed by atoms with Gasteiger partial charge < -0.3 is 5.73 Å². The normalized spacial score (nSPS) is 22.4. The Morgan fingerprint density at radius 1 is 1.29 bits per heavy atom. The van der Waals surface area contributed by atoms with Crippen LogP contribution in [-0.4, -0.2) is 20.2 Å². The molecule has 112 valence electrons. The van der Waals surface area contributed by atoms with E-state index in [2.05, 4.69) is 22.4 Å². The van der Waals surface area contributed by atoms with E-state index < -0.39 is 0 Å². The van der Waals surface area contributed by atoms with Crippen molar-refractivity contribution in [1.82, 2.24) is 20.2 Å². The molecule has 0 bridgehead atoms. The minimum atomic E-state index is 0.639. The SMILES string of the molecule is CC1CCC(Cn2nnnc2-c2cc(Cl)ccc2N)CC1. The minimum Gasteiger partial charge on any atom is -0.398 e. The third kappa shape index (κ3) is 3.18. The summed E-state index contributed by atoms with van der Waals surface area (Å²) in [6, 6.07) is 5.39. The number of nitrogens with two attached hydrogens (primary N) is 1. The van der Waals surface area contributed by atoms with E-state index >= 15 is 0 Å². The highest BCUT2D eigenvalue weighted by Crippen LogP contribution is 2.31. The number of hydrogen-bond donors (Lipinski definition) is 1. The molecule has 1 heterocycles. The largest absolute Gasteiger partial charge is 0.398 e. The molecular weight excluding hydrogens is 286 g/mol. The van der Waals surface area contributed by atoms with E-state index in [9.17, 15) is 0 Å². The lowest BCUT2D eigenvalue weighted by Gasteiger charge is -2.26. The van der Waals surface area contributed by atoms with Crippen molar-refractivity contribution >= 4 is 17.3 Å². The molecule has 0 radical (unpaired) electrons. The van der Waals surface area contributed by atoms with Crippen LogP contribution in [0.5, 0.6) is 0 Å². The number of benzene rings is 1. The van der Waals surface area contributed by atoms with Crippen molar-refractivity contribution in [3.05, 3.63) is 23.2 Å². The van der Waals surface area contributed by atoms with Gasteiger partial charge in [-0.05, 0) is 53.3 Å². The lowest BCUT2D eigenvalue weighted by Crippen LogP contribution is -2.19. The van der Waals surface area contributed by atoms with Gasteiger partial charge in [0.1, 0.15) is 0 Å². The summed E-state index contributed by atoms with van der Waals surface area (Å²) in [4.78, 5) is 0. The average molecular weight is 306 g/mol. The topological polar surface area (TPSA) is 69.6 Å². The van der Waals surface area contributed by atoms with Gasteiger partial charge in [0.25, 0.3) is 0 Å². The molecule has 2 aromatic rings. The lowest BCUT2D eigenvalue weighted by molar-refractivity contribution is 0.257. The zero-order valence-electron chi connectivity index (χ0n) is 12.2. The maximum atomic E-state index is 6.06. The van der Waals surface area contributed by atoms with Crippen molar-refractivity contribution in [2.24, 2.45) is 11.8 Å². The quantitative estimate of drug-likeness (QED) is 0.882. The van der Waals surface area contributed by atoms with Crippen LogP contribution >= 0.6 is 11.6 Å². The van der Waals surface area contributed by atoms with Crippen molar-refractivity contribution in [2.45, 2.75) is 39.2 Å². The predicted octanol–water partition coefficient (Wildman–Crippen LogP) is 3.40. The first-order valence-electron chi connectivity index (χ1n) is 7.45. The van der Waals surface area contributed by atoms with Crippen LogP contribution in [0.1, 0.15) is 32.6 Å². The molecule has 0 atom stereocenters. The van der Waals surface area contributed by atoms with Crippen LogP contribution in [0.4, 0.5) is 5.69 Å². The van der Waals surface area contributed by atoms with Gasteiger partial charge in [0.05, 0.1) is 0 Å². The minimum absolute atomic E-state index is 0.639. The third-order valence-corrected chi connectivity index (χ3v) is 4.59. The van der Waals surface area contributed by atoms with E-state index in [0.717, 1.165) is 18.0 Å².